The molecular formula is C21H24BrN3O2. The van der Waals surface area contributed by atoms with Crippen LogP contribution in [0.1, 0.15) is 24.2 Å². The molecule has 1 heterocycles. The fraction of sp³-hybridized carbons (Fsp3) is 0.333. The van der Waals surface area contributed by atoms with Crippen molar-refractivity contribution in [2.45, 2.75) is 13.8 Å². The zero-order valence-electron chi connectivity index (χ0n) is 15.6. The molecule has 2 aromatic carbocycles. The molecule has 0 bridgehead atoms. The SMILES string of the molecule is CC(C)C(=O)N1CCN(c2ccccc2NC(=O)c2ccc(Br)cc2)CC1. The van der Waals surface area contributed by atoms with Crippen LogP contribution in [0.25, 0.3) is 0 Å². The van der Waals surface area contributed by atoms with Crippen molar-refractivity contribution in [3.63, 3.8) is 0 Å². The predicted molar refractivity (Wildman–Crippen MR) is 112 cm³/mol. The minimum absolute atomic E-state index is 0.0223. The standard InChI is InChI=1S/C21H24BrN3O2/c1-15(2)21(27)25-13-11-24(12-14-25)19-6-4-3-5-18(19)23-20(26)16-7-9-17(22)10-8-16/h3-10,15H,11-14H2,1-2H3,(H,23,26). The first-order chi connectivity index (χ1) is 13.0. The molecule has 0 spiro atoms. The maximum Gasteiger partial charge on any atom is 0.255 e. The molecule has 1 fully saturated rings. The Labute approximate surface area is 168 Å². The summed E-state index contributed by atoms with van der Waals surface area (Å²) in [4.78, 5) is 28.9. The quantitative estimate of drug-likeness (QED) is 0.798. The summed E-state index contributed by atoms with van der Waals surface area (Å²) in [5.74, 6) is 0.0871. The number of piperazine rings is 1. The number of para-hydroxylation sites is 2. The molecule has 0 atom stereocenters. The number of amides is 2. The van der Waals surface area contributed by atoms with E-state index in [9.17, 15) is 9.59 Å². The van der Waals surface area contributed by atoms with E-state index in [4.69, 9.17) is 0 Å². The van der Waals surface area contributed by atoms with Crippen LogP contribution in [0, 0.1) is 5.92 Å². The van der Waals surface area contributed by atoms with Crippen LogP contribution in [0.4, 0.5) is 11.4 Å². The molecule has 142 valence electrons. The van der Waals surface area contributed by atoms with Gasteiger partial charge in [0.1, 0.15) is 0 Å². The summed E-state index contributed by atoms with van der Waals surface area (Å²) in [5.41, 5.74) is 2.38. The van der Waals surface area contributed by atoms with E-state index in [1.54, 1.807) is 12.1 Å². The van der Waals surface area contributed by atoms with Crippen LogP contribution in [0.3, 0.4) is 0 Å². The number of carbonyl (C=O) groups is 2. The van der Waals surface area contributed by atoms with Crippen molar-refractivity contribution in [3.8, 4) is 0 Å². The van der Waals surface area contributed by atoms with Crippen LogP contribution in [0.5, 0.6) is 0 Å². The summed E-state index contributed by atoms with van der Waals surface area (Å²) in [6.45, 7) is 6.77. The van der Waals surface area contributed by atoms with Gasteiger partial charge in [0.25, 0.3) is 5.91 Å². The van der Waals surface area contributed by atoms with Crippen LogP contribution in [0.2, 0.25) is 0 Å². The highest BCUT2D eigenvalue weighted by molar-refractivity contribution is 9.10. The number of hydrogen-bond donors (Lipinski definition) is 1. The average Bonchev–Trinajstić information content (AvgIpc) is 2.68. The van der Waals surface area contributed by atoms with Gasteiger partial charge in [-0.05, 0) is 36.4 Å². The van der Waals surface area contributed by atoms with E-state index in [1.807, 2.05) is 55.1 Å². The van der Waals surface area contributed by atoms with Crippen LogP contribution in [0.15, 0.2) is 53.0 Å². The molecule has 1 aliphatic heterocycles. The van der Waals surface area contributed by atoms with Crippen molar-refractivity contribution in [2.24, 2.45) is 5.92 Å². The molecule has 1 aliphatic rings. The predicted octanol–water partition coefficient (Wildman–Crippen LogP) is 4.01. The minimum Gasteiger partial charge on any atom is -0.366 e. The third-order valence-electron chi connectivity index (χ3n) is 4.68. The molecule has 1 N–H and O–H groups in total. The van der Waals surface area contributed by atoms with E-state index in [-0.39, 0.29) is 17.7 Å². The third-order valence-corrected chi connectivity index (χ3v) is 5.21. The number of carbonyl (C=O) groups excluding carboxylic acids is 2. The van der Waals surface area contributed by atoms with Gasteiger partial charge in [-0.2, -0.15) is 0 Å². The topological polar surface area (TPSA) is 52.7 Å². The van der Waals surface area contributed by atoms with Gasteiger partial charge in [0, 0.05) is 42.1 Å². The second-order valence-corrected chi connectivity index (χ2v) is 7.86. The third kappa shape index (κ3) is 4.69. The van der Waals surface area contributed by atoms with Crippen LogP contribution in [-0.4, -0.2) is 42.9 Å². The Morgan fingerprint density at radius 2 is 1.59 bits per heavy atom. The van der Waals surface area contributed by atoms with E-state index in [0.29, 0.717) is 18.7 Å². The van der Waals surface area contributed by atoms with Crippen molar-refractivity contribution in [2.75, 3.05) is 36.4 Å². The molecule has 2 aromatic rings. The van der Waals surface area contributed by atoms with E-state index in [1.165, 1.54) is 0 Å². The van der Waals surface area contributed by atoms with Crippen LogP contribution >= 0.6 is 15.9 Å². The summed E-state index contributed by atoms with van der Waals surface area (Å²) in [6, 6.07) is 15.1. The Morgan fingerprint density at radius 1 is 0.963 bits per heavy atom. The molecule has 27 heavy (non-hydrogen) atoms. The number of halogens is 1. The Morgan fingerprint density at radius 3 is 2.22 bits per heavy atom. The van der Waals surface area contributed by atoms with E-state index < -0.39 is 0 Å². The van der Waals surface area contributed by atoms with Gasteiger partial charge >= 0.3 is 0 Å². The highest BCUT2D eigenvalue weighted by Gasteiger charge is 2.24. The number of benzene rings is 2. The highest BCUT2D eigenvalue weighted by Crippen LogP contribution is 2.27. The summed E-state index contributed by atoms with van der Waals surface area (Å²) < 4.78 is 0.938. The van der Waals surface area contributed by atoms with Gasteiger partial charge in [-0.1, -0.05) is 41.9 Å². The molecule has 0 unspecified atom stereocenters. The molecular weight excluding hydrogens is 406 g/mol. The van der Waals surface area contributed by atoms with Gasteiger partial charge in [-0.15, -0.1) is 0 Å². The van der Waals surface area contributed by atoms with Crippen LogP contribution in [-0.2, 0) is 4.79 Å². The van der Waals surface area contributed by atoms with E-state index in [0.717, 1.165) is 28.9 Å². The monoisotopic (exact) mass is 429 g/mol. The van der Waals surface area contributed by atoms with Crippen molar-refractivity contribution in [1.82, 2.24) is 4.90 Å². The Bertz CT molecular complexity index is 812. The number of hydrogen-bond acceptors (Lipinski definition) is 3. The second-order valence-electron chi connectivity index (χ2n) is 6.95. The molecule has 5 nitrogen and oxygen atoms in total. The zero-order chi connectivity index (χ0) is 19.4. The van der Waals surface area contributed by atoms with Gasteiger partial charge in [0.2, 0.25) is 5.91 Å². The maximum absolute atomic E-state index is 12.6. The van der Waals surface area contributed by atoms with Crippen molar-refractivity contribution >= 4 is 39.1 Å². The number of nitrogens with zero attached hydrogens (tertiary/aromatic N) is 2. The van der Waals surface area contributed by atoms with Gasteiger partial charge in [-0.25, -0.2) is 0 Å². The Hall–Kier alpha value is -2.34. The average molecular weight is 430 g/mol. The van der Waals surface area contributed by atoms with Crippen molar-refractivity contribution < 1.29 is 9.59 Å². The number of nitrogens with one attached hydrogen (secondary N) is 1. The van der Waals surface area contributed by atoms with Gasteiger partial charge < -0.3 is 15.1 Å². The van der Waals surface area contributed by atoms with Crippen molar-refractivity contribution in [3.05, 3.63) is 58.6 Å². The fourth-order valence-electron chi connectivity index (χ4n) is 3.18. The van der Waals surface area contributed by atoms with Crippen LogP contribution < -0.4 is 10.2 Å². The molecule has 0 saturated carbocycles. The first-order valence-corrected chi connectivity index (χ1v) is 9.94. The van der Waals surface area contributed by atoms with Gasteiger partial charge in [0.15, 0.2) is 0 Å². The summed E-state index contributed by atoms with van der Waals surface area (Å²) in [6.07, 6.45) is 0. The first-order valence-electron chi connectivity index (χ1n) is 9.15. The maximum atomic E-state index is 12.6. The fourth-order valence-corrected chi connectivity index (χ4v) is 3.45. The van der Waals surface area contributed by atoms with E-state index >= 15 is 0 Å². The summed E-state index contributed by atoms with van der Waals surface area (Å²) in [5, 5.41) is 3.02. The minimum atomic E-state index is -0.136. The molecule has 0 radical (unpaired) electrons. The van der Waals surface area contributed by atoms with Crippen molar-refractivity contribution in [1.29, 1.82) is 0 Å². The molecule has 0 aliphatic carbocycles. The smallest absolute Gasteiger partial charge is 0.255 e. The van der Waals surface area contributed by atoms with Gasteiger partial charge in [-0.3, -0.25) is 9.59 Å². The lowest BCUT2D eigenvalue weighted by Crippen LogP contribution is -2.50. The highest BCUT2D eigenvalue weighted by atomic mass is 79.9. The Kier molecular flexibility index (Phi) is 6.16. The molecule has 3 rings (SSSR count). The summed E-state index contributed by atoms with van der Waals surface area (Å²) in [7, 11) is 0. The molecule has 0 aromatic heterocycles. The molecule has 6 heteroatoms. The lowest BCUT2D eigenvalue weighted by atomic mass is 10.1. The first kappa shape index (κ1) is 19.4. The zero-order valence-corrected chi connectivity index (χ0v) is 17.2. The lowest BCUT2D eigenvalue weighted by Gasteiger charge is -2.37. The second kappa shape index (κ2) is 8.57. The largest absolute Gasteiger partial charge is 0.366 e. The lowest BCUT2D eigenvalue weighted by molar-refractivity contribution is -0.134. The molecule has 1 saturated heterocycles. The summed E-state index contributed by atoms with van der Waals surface area (Å²) >= 11 is 3.38. The Balaban J connectivity index is 1.70. The normalized spacial score (nSPS) is 14.4. The molecule has 2 amide bonds. The number of rotatable bonds is 4. The number of anilines is 2. The van der Waals surface area contributed by atoms with Gasteiger partial charge in [0.05, 0.1) is 11.4 Å². The van der Waals surface area contributed by atoms with E-state index in [2.05, 4.69) is 26.1 Å².